The van der Waals surface area contributed by atoms with Crippen LogP contribution in [0.25, 0.3) is 22.2 Å². The van der Waals surface area contributed by atoms with Gasteiger partial charge in [-0.1, -0.05) is 18.2 Å². The predicted octanol–water partition coefficient (Wildman–Crippen LogP) is 4.71. The Hall–Kier alpha value is -3.93. The van der Waals surface area contributed by atoms with Gasteiger partial charge in [-0.15, -0.1) is 0 Å². The highest BCUT2D eigenvalue weighted by molar-refractivity contribution is 6.13. The van der Waals surface area contributed by atoms with E-state index in [1.807, 2.05) is 54.6 Å². The van der Waals surface area contributed by atoms with Crippen LogP contribution < -0.4 is 14.8 Å². The number of benzene rings is 2. The molecule has 0 saturated carbocycles. The predicted molar refractivity (Wildman–Crippen MR) is 115 cm³/mol. The quantitative estimate of drug-likeness (QED) is 0.542. The molecule has 4 aromatic rings. The van der Waals surface area contributed by atoms with Gasteiger partial charge >= 0.3 is 0 Å². The zero-order chi connectivity index (χ0) is 20.3. The number of anilines is 1. The van der Waals surface area contributed by atoms with Crippen molar-refractivity contribution >= 4 is 22.5 Å². The van der Waals surface area contributed by atoms with Crippen molar-refractivity contribution in [1.29, 1.82) is 0 Å². The third-order valence-corrected chi connectivity index (χ3v) is 4.94. The smallest absolute Gasteiger partial charge is 0.256 e. The molecule has 5 rings (SSSR count). The average molecular weight is 397 g/mol. The number of pyridine rings is 2. The molecule has 1 N–H and O–H groups in total. The largest absolute Gasteiger partial charge is 0.490 e. The first-order valence-corrected chi connectivity index (χ1v) is 9.79. The maximum absolute atomic E-state index is 13.2. The number of hydrogen-bond donors (Lipinski definition) is 1. The number of para-hydroxylation sites is 1. The van der Waals surface area contributed by atoms with Crippen LogP contribution in [-0.2, 0) is 0 Å². The highest BCUT2D eigenvalue weighted by atomic mass is 16.5. The number of rotatable bonds is 3. The number of carbonyl (C=O) groups excluding carboxylic acids is 1. The molecule has 30 heavy (non-hydrogen) atoms. The number of nitrogens with one attached hydrogen (secondary N) is 1. The van der Waals surface area contributed by atoms with Gasteiger partial charge in [0.2, 0.25) is 0 Å². The minimum Gasteiger partial charge on any atom is -0.490 e. The molecule has 0 spiro atoms. The van der Waals surface area contributed by atoms with Gasteiger partial charge in [0.25, 0.3) is 5.91 Å². The van der Waals surface area contributed by atoms with Gasteiger partial charge in [-0.05, 0) is 36.4 Å². The van der Waals surface area contributed by atoms with Crippen molar-refractivity contribution in [3.8, 4) is 22.8 Å². The van der Waals surface area contributed by atoms with Crippen molar-refractivity contribution in [3.63, 3.8) is 0 Å². The lowest BCUT2D eigenvalue weighted by Gasteiger charge is -2.12. The molecule has 0 unspecified atom stereocenters. The van der Waals surface area contributed by atoms with E-state index in [9.17, 15) is 4.79 Å². The fourth-order valence-corrected chi connectivity index (χ4v) is 3.47. The number of ether oxygens (including phenoxy) is 2. The normalized spacial score (nSPS) is 12.9. The monoisotopic (exact) mass is 397 g/mol. The molecule has 148 valence electrons. The second-order valence-electron chi connectivity index (χ2n) is 6.97. The van der Waals surface area contributed by atoms with Crippen molar-refractivity contribution in [2.24, 2.45) is 0 Å². The van der Waals surface area contributed by atoms with E-state index in [4.69, 9.17) is 14.5 Å². The molecular formula is C24H19N3O3. The number of aromatic nitrogens is 2. The van der Waals surface area contributed by atoms with Crippen molar-refractivity contribution in [2.75, 3.05) is 18.5 Å². The van der Waals surface area contributed by atoms with E-state index in [-0.39, 0.29) is 5.91 Å². The summed E-state index contributed by atoms with van der Waals surface area (Å²) in [5.41, 5.74) is 3.59. The maximum Gasteiger partial charge on any atom is 0.256 e. The molecule has 0 aliphatic carbocycles. The molecule has 6 nitrogen and oxygen atoms in total. The Balaban J connectivity index is 1.52. The summed E-state index contributed by atoms with van der Waals surface area (Å²) in [5.74, 6) is 1.13. The first-order valence-electron chi connectivity index (χ1n) is 9.79. The molecular weight excluding hydrogens is 378 g/mol. The first-order chi connectivity index (χ1) is 14.8. The summed E-state index contributed by atoms with van der Waals surface area (Å²) in [6.07, 6.45) is 4.25. The Morgan fingerprint density at radius 2 is 1.70 bits per heavy atom. The lowest BCUT2D eigenvalue weighted by molar-refractivity contribution is 0.102. The molecule has 1 aliphatic rings. The van der Waals surface area contributed by atoms with Gasteiger partial charge < -0.3 is 14.8 Å². The van der Waals surface area contributed by atoms with Crippen molar-refractivity contribution in [2.45, 2.75) is 6.42 Å². The van der Waals surface area contributed by atoms with Gasteiger partial charge in [0.05, 0.1) is 30.0 Å². The van der Waals surface area contributed by atoms with Crippen LogP contribution >= 0.6 is 0 Å². The van der Waals surface area contributed by atoms with E-state index in [1.54, 1.807) is 18.5 Å². The zero-order valence-corrected chi connectivity index (χ0v) is 16.2. The lowest BCUT2D eigenvalue weighted by Crippen LogP contribution is -2.13. The summed E-state index contributed by atoms with van der Waals surface area (Å²) >= 11 is 0. The number of hydrogen-bond acceptors (Lipinski definition) is 5. The van der Waals surface area contributed by atoms with Crippen molar-refractivity contribution in [1.82, 2.24) is 9.97 Å². The van der Waals surface area contributed by atoms with Crippen LogP contribution in [-0.4, -0.2) is 29.1 Å². The van der Waals surface area contributed by atoms with E-state index in [1.165, 1.54) is 0 Å². The summed E-state index contributed by atoms with van der Waals surface area (Å²) in [7, 11) is 0. The first kappa shape index (κ1) is 18.1. The fourth-order valence-electron chi connectivity index (χ4n) is 3.47. The van der Waals surface area contributed by atoms with E-state index < -0.39 is 0 Å². The van der Waals surface area contributed by atoms with Crippen LogP contribution in [0.2, 0.25) is 0 Å². The van der Waals surface area contributed by atoms with Crippen LogP contribution in [0.3, 0.4) is 0 Å². The molecule has 1 aliphatic heterocycles. The van der Waals surface area contributed by atoms with E-state index in [2.05, 4.69) is 10.3 Å². The minimum absolute atomic E-state index is 0.210. The summed E-state index contributed by atoms with van der Waals surface area (Å²) in [6, 6.07) is 18.6. The average Bonchev–Trinajstić information content (AvgIpc) is 3.04. The molecule has 0 bridgehead atoms. The van der Waals surface area contributed by atoms with Crippen molar-refractivity contribution < 1.29 is 14.3 Å². The second-order valence-corrected chi connectivity index (χ2v) is 6.97. The van der Waals surface area contributed by atoms with Gasteiger partial charge in [0.15, 0.2) is 11.5 Å². The van der Waals surface area contributed by atoms with Crippen LogP contribution in [0.4, 0.5) is 5.69 Å². The maximum atomic E-state index is 13.2. The Labute approximate surface area is 173 Å². The van der Waals surface area contributed by atoms with E-state index >= 15 is 0 Å². The SMILES string of the molecule is O=C(Nc1ccc2c(c1)OCCCO2)c1cc(-c2ccncc2)nc2ccccc12. The molecule has 0 radical (unpaired) electrons. The van der Waals surface area contributed by atoms with E-state index in [0.717, 1.165) is 28.6 Å². The Morgan fingerprint density at radius 3 is 2.57 bits per heavy atom. The minimum atomic E-state index is -0.210. The summed E-state index contributed by atoms with van der Waals surface area (Å²) < 4.78 is 11.4. The van der Waals surface area contributed by atoms with E-state index in [0.29, 0.717) is 36.0 Å². The third-order valence-electron chi connectivity index (χ3n) is 4.94. The molecule has 2 aromatic heterocycles. The summed E-state index contributed by atoms with van der Waals surface area (Å²) in [5, 5.41) is 3.78. The van der Waals surface area contributed by atoms with Crippen LogP contribution in [0.1, 0.15) is 16.8 Å². The highest BCUT2D eigenvalue weighted by Crippen LogP contribution is 2.33. The van der Waals surface area contributed by atoms with Gasteiger partial charge in [-0.25, -0.2) is 4.98 Å². The number of carbonyl (C=O) groups is 1. The second kappa shape index (κ2) is 7.83. The van der Waals surface area contributed by atoms with Crippen LogP contribution in [0.15, 0.2) is 73.1 Å². The van der Waals surface area contributed by atoms with Crippen molar-refractivity contribution in [3.05, 3.63) is 78.6 Å². The highest BCUT2D eigenvalue weighted by Gasteiger charge is 2.16. The van der Waals surface area contributed by atoms with Gasteiger partial charge in [-0.3, -0.25) is 9.78 Å². The zero-order valence-electron chi connectivity index (χ0n) is 16.2. The van der Waals surface area contributed by atoms with Gasteiger partial charge in [0, 0.05) is 41.5 Å². The third kappa shape index (κ3) is 3.55. The van der Waals surface area contributed by atoms with Crippen LogP contribution in [0.5, 0.6) is 11.5 Å². The van der Waals surface area contributed by atoms with Gasteiger partial charge in [0.1, 0.15) is 0 Å². The van der Waals surface area contributed by atoms with Gasteiger partial charge in [-0.2, -0.15) is 0 Å². The Kier molecular flexibility index (Phi) is 4.73. The number of fused-ring (bicyclic) bond motifs is 2. The number of nitrogens with zero attached hydrogens (tertiary/aromatic N) is 2. The summed E-state index contributed by atoms with van der Waals surface area (Å²) in [6.45, 7) is 1.22. The molecule has 2 aromatic carbocycles. The molecule has 0 saturated heterocycles. The molecule has 6 heteroatoms. The number of amides is 1. The topological polar surface area (TPSA) is 73.3 Å². The molecule has 1 amide bonds. The lowest BCUT2D eigenvalue weighted by atomic mass is 10.0. The van der Waals surface area contributed by atoms with Crippen LogP contribution in [0, 0.1) is 0 Å². The molecule has 0 fully saturated rings. The standard InChI is InChI=1S/C24H19N3O3/c28-24(26-17-6-7-22-23(14-17)30-13-3-12-29-22)19-15-21(16-8-10-25-11-9-16)27-20-5-2-1-4-18(19)20/h1-2,4-11,14-15H,3,12-13H2,(H,26,28). The Bertz CT molecular complexity index is 1230. The Morgan fingerprint density at radius 1 is 0.900 bits per heavy atom. The molecule has 0 atom stereocenters. The fraction of sp³-hybridized carbons (Fsp3) is 0.125. The molecule has 3 heterocycles. The summed E-state index contributed by atoms with van der Waals surface area (Å²) in [4.78, 5) is 22.0.